The van der Waals surface area contributed by atoms with Crippen LogP contribution in [0.3, 0.4) is 0 Å². The smallest absolute Gasteiger partial charge is 0.223 e. The van der Waals surface area contributed by atoms with Gasteiger partial charge in [0.05, 0.1) is 12.2 Å². The molecule has 2 heterocycles. The van der Waals surface area contributed by atoms with Gasteiger partial charge in [-0.3, -0.25) is 9.78 Å². The number of aromatic nitrogens is 2. The number of carbonyl (C=O) groups is 1. The van der Waals surface area contributed by atoms with Crippen molar-refractivity contribution in [3.8, 4) is 10.6 Å². The van der Waals surface area contributed by atoms with Gasteiger partial charge in [0.2, 0.25) is 5.91 Å². The molecule has 1 amide bonds. The van der Waals surface area contributed by atoms with E-state index in [1.165, 1.54) is 32.1 Å². The lowest BCUT2D eigenvalue weighted by Crippen LogP contribution is -2.32. The maximum absolute atomic E-state index is 12.4. The SMILES string of the molecule is CCCCC1CCC(C(=O)NCc2csc(-c3cccnc3)n2)CC1. The van der Waals surface area contributed by atoms with Crippen LogP contribution in [0.1, 0.15) is 57.6 Å². The van der Waals surface area contributed by atoms with E-state index in [9.17, 15) is 4.79 Å². The van der Waals surface area contributed by atoms with Gasteiger partial charge in [-0.05, 0) is 43.7 Å². The highest BCUT2D eigenvalue weighted by Crippen LogP contribution is 2.32. The third-order valence-corrected chi connectivity index (χ3v) is 6.03. The van der Waals surface area contributed by atoms with Crippen LogP contribution in [0.4, 0.5) is 0 Å². The Morgan fingerprint density at radius 1 is 1.32 bits per heavy atom. The number of nitrogens with one attached hydrogen (secondary N) is 1. The van der Waals surface area contributed by atoms with E-state index in [1.807, 2.05) is 23.7 Å². The molecule has 0 bridgehead atoms. The van der Waals surface area contributed by atoms with Crippen LogP contribution in [0, 0.1) is 11.8 Å². The van der Waals surface area contributed by atoms with Gasteiger partial charge in [-0.2, -0.15) is 0 Å². The van der Waals surface area contributed by atoms with Crippen molar-refractivity contribution in [3.63, 3.8) is 0 Å². The maximum Gasteiger partial charge on any atom is 0.223 e. The van der Waals surface area contributed by atoms with Crippen molar-refractivity contribution in [2.75, 3.05) is 0 Å². The molecule has 3 rings (SSSR count). The van der Waals surface area contributed by atoms with Gasteiger partial charge in [-0.1, -0.05) is 26.2 Å². The average molecular weight is 358 g/mol. The second kappa shape index (κ2) is 9.09. The molecule has 1 saturated carbocycles. The molecule has 2 aromatic heterocycles. The molecule has 0 aliphatic heterocycles. The van der Waals surface area contributed by atoms with Crippen molar-refractivity contribution < 1.29 is 4.79 Å². The highest BCUT2D eigenvalue weighted by molar-refractivity contribution is 7.13. The second-order valence-electron chi connectivity index (χ2n) is 6.96. The summed E-state index contributed by atoms with van der Waals surface area (Å²) in [6, 6.07) is 3.92. The lowest BCUT2D eigenvalue weighted by atomic mass is 9.79. The van der Waals surface area contributed by atoms with Crippen LogP contribution in [-0.2, 0) is 11.3 Å². The summed E-state index contributed by atoms with van der Waals surface area (Å²) in [4.78, 5) is 21.2. The lowest BCUT2D eigenvalue weighted by molar-refractivity contribution is -0.126. The van der Waals surface area contributed by atoms with E-state index in [0.29, 0.717) is 6.54 Å². The highest BCUT2D eigenvalue weighted by Gasteiger charge is 2.25. The number of carbonyl (C=O) groups excluding carboxylic acids is 1. The minimum atomic E-state index is 0.189. The van der Waals surface area contributed by atoms with Crippen LogP contribution in [-0.4, -0.2) is 15.9 Å². The highest BCUT2D eigenvalue weighted by atomic mass is 32.1. The van der Waals surface area contributed by atoms with Gasteiger partial charge in [0, 0.05) is 29.3 Å². The predicted octanol–water partition coefficient (Wildman–Crippen LogP) is 4.82. The zero-order valence-electron chi connectivity index (χ0n) is 14.9. The first-order chi connectivity index (χ1) is 12.3. The standard InChI is InChI=1S/C20H27N3OS/c1-2-3-5-15-7-9-16(10-8-15)19(24)22-13-18-14-25-20(23-18)17-6-4-11-21-12-17/h4,6,11-12,14-16H,2-3,5,7-10,13H2,1H3,(H,22,24). The predicted molar refractivity (Wildman–Crippen MR) is 102 cm³/mol. The van der Waals surface area contributed by atoms with E-state index in [1.54, 1.807) is 17.5 Å². The molecular weight excluding hydrogens is 330 g/mol. The molecule has 0 atom stereocenters. The lowest BCUT2D eigenvalue weighted by Gasteiger charge is -2.27. The monoisotopic (exact) mass is 357 g/mol. The summed E-state index contributed by atoms with van der Waals surface area (Å²) in [5.41, 5.74) is 1.95. The Hall–Kier alpha value is -1.75. The van der Waals surface area contributed by atoms with Gasteiger partial charge in [0.1, 0.15) is 5.01 Å². The number of hydrogen-bond donors (Lipinski definition) is 1. The van der Waals surface area contributed by atoms with Crippen molar-refractivity contribution in [1.82, 2.24) is 15.3 Å². The minimum Gasteiger partial charge on any atom is -0.350 e. The molecule has 0 aromatic carbocycles. The molecule has 0 saturated heterocycles. The second-order valence-corrected chi connectivity index (χ2v) is 7.82. The van der Waals surface area contributed by atoms with Crippen LogP contribution in [0.25, 0.3) is 10.6 Å². The van der Waals surface area contributed by atoms with Crippen molar-refractivity contribution in [1.29, 1.82) is 0 Å². The molecule has 4 nitrogen and oxygen atoms in total. The molecule has 0 unspecified atom stereocenters. The van der Waals surface area contributed by atoms with E-state index in [2.05, 4.69) is 22.2 Å². The molecule has 1 N–H and O–H groups in total. The largest absolute Gasteiger partial charge is 0.350 e. The summed E-state index contributed by atoms with van der Waals surface area (Å²) in [6.07, 6.45) is 12.0. The van der Waals surface area contributed by atoms with Crippen molar-refractivity contribution in [2.45, 2.75) is 58.4 Å². The number of pyridine rings is 1. The minimum absolute atomic E-state index is 0.189. The summed E-state index contributed by atoms with van der Waals surface area (Å²) in [7, 11) is 0. The summed E-state index contributed by atoms with van der Waals surface area (Å²) < 4.78 is 0. The average Bonchev–Trinajstić information content (AvgIpc) is 3.14. The Labute approximate surface area is 154 Å². The number of rotatable bonds is 7. The number of hydrogen-bond acceptors (Lipinski definition) is 4. The number of unbranched alkanes of at least 4 members (excludes halogenated alkanes) is 1. The molecule has 1 fully saturated rings. The van der Waals surface area contributed by atoms with Crippen LogP contribution >= 0.6 is 11.3 Å². The Morgan fingerprint density at radius 2 is 2.16 bits per heavy atom. The Bertz CT molecular complexity index is 663. The fraction of sp³-hybridized carbons (Fsp3) is 0.550. The Morgan fingerprint density at radius 3 is 2.88 bits per heavy atom. The topological polar surface area (TPSA) is 54.9 Å². The maximum atomic E-state index is 12.4. The summed E-state index contributed by atoms with van der Waals surface area (Å²) in [6.45, 7) is 2.77. The van der Waals surface area contributed by atoms with Gasteiger partial charge in [-0.25, -0.2) is 4.98 Å². The van der Waals surface area contributed by atoms with Gasteiger partial charge in [0.15, 0.2) is 0 Å². The molecule has 2 aromatic rings. The third-order valence-electron chi connectivity index (χ3n) is 5.09. The summed E-state index contributed by atoms with van der Waals surface area (Å²) in [5, 5.41) is 6.05. The Balaban J connectivity index is 1.45. The van der Waals surface area contributed by atoms with Crippen molar-refractivity contribution in [2.24, 2.45) is 11.8 Å². The van der Waals surface area contributed by atoms with Crippen LogP contribution in [0.2, 0.25) is 0 Å². The molecule has 1 aliphatic carbocycles. The van der Waals surface area contributed by atoms with Gasteiger partial charge in [-0.15, -0.1) is 11.3 Å². The normalized spacial score (nSPS) is 20.4. The zero-order chi connectivity index (χ0) is 17.5. The molecule has 1 aliphatic rings. The van der Waals surface area contributed by atoms with Gasteiger partial charge < -0.3 is 5.32 Å². The third kappa shape index (κ3) is 5.11. The molecule has 25 heavy (non-hydrogen) atoms. The van der Waals surface area contributed by atoms with Crippen LogP contribution < -0.4 is 5.32 Å². The van der Waals surface area contributed by atoms with Gasteiger partial charge >= 0.3 is 0 Å². The first kappa shape index (κ1) is 18.1. The molecule has 5 heteroatoms. The summed E-state index contributed by atoms with van der Waals surface area (Å²) in [5.74, 6) is 1.23. The molecule has 0 radical (unpaired) electrons. The molecule has 134 valence electrons. The van der Waals surface area contributed by atoms with Crippen LogP contribution in [0.15, 0.2) is 29.9 Å². The van der Waals surface area contributed by atoms with Crippen LogP contribution in [0.5, 0.6) is 0 Å². The van der Waals surface area contributed by atoms with Crippen molar-refractivity contribution >= 4 is 17.2 Å². The van der Waals surface area contributed by atoms with E-state index in [4.69, 9.17) is 0 Å². The van der Waals surface area contributed by atoms with E-state index < -0.39 is 0 Å². The van der Waals surface area contributed by atoms with Crippen molar-refractivity contribution in [3.05, 3.63) is 35.6 Å². The fourth-order valence-corrected chi connectivity index (χ4v) is 4.35. The Kier molecular flexibility index (Phi) is 6.56. The quantitative estimate of drug-likeness (QED) is 0.773. The first-order valence-electron chi connectivity index (χ1n) is 9.38. The summed E-state index contributed by atoms with van der Waals surface area (Å²) >= 11 is 1.60. The number of nitrogens with zero attached hydrogens (tertiary/aromatic N) is 2. The molecular formula is C20H27N3OS. The van der Waals surface area contributed by atoms with E-state index >= 15 is 0 Å². The van der Waals surface area contributed by atoms with Gasteiger partial charge in [0.25, 0.3) is 0 Å². The number of amides is 1. The molecule has 0 spiro atoms. The van der Waals surface area contributed by atoms with E-state index in [0.717, 1.165) is 35.0 Å². The van der Waals surface area contributed by atoms with E-state index in [-0.39, 0.29) is 11.8 Å². The number of thiazole rings is 1. The first-order valence-corrected chi connectivity index (χ1v) is 10.3. The zero-order valence-corrected chi connectivity index (χ0v) is 15.7. The fourth-order valence-electron chi connectivity index (χ4n) is 3.54.